The quantitative estimate of drug-likeness (QED) is 0.563. The minimum Gasteiger partial charge on any atom is -0.468 e. The summed E-state index contributed by atoms with van der Waals surface area (Å²) in [4.78, 5) is 12.3. The summed E-state index contributed by atoms with van der Waals surface area (Å²) in [6.07, 6.45) is 1.45. The van der Waals surface area contributed by atoms with Crippen LogP contribution in [0, 0.1) is 12.7 Å². The smallest absolute Gasteiger partial charge is 0.224 e. The summed E-state index contributed by atoms with van der Waals surface area (Å²) in [7, 11) is -3.93. The summed E-state index contributed by atoms with van der Waals surface area (Å²) < 4.78 is 45.2. The number of rotatable bonds is 7. The maximum Gasteiger partial charge on any atom is 0.224 e. The molecule has 0 saturated heterocycles. The third kappa shape index (κ3) is 5.05. The van der Waals surface area contributed by atoms with E-state index in [0.29, 0.717) is 5.02 Å². The molecule has 0 spiro atoms. The molecular weight excluding hydrogens is 417 g/mol. The average Bonchev–Trinajstić information content (AvgIpc) is 3.20. The summed E-state index contributed by atoms with van der Waals surface area (Å²) in [6.45, 7) is 1.31. The molecule has 1 N–H and O–H groups in total. The van der Waals surface area contributed by atoms with Crippen molar-refractivity contribution in [3.05, 3.63) is 88.6 Å². The molecule has 0 radical (unpaired) electrons. The first-order chi connectivity index (χ1) is 13.8. The lowest BCUT2D eigenvalue weighted by molar-refractivity contribution is -0.120. The van der Waals surface area contributed by atoms with E-state index in [9.17, 15) is 17.6 Å². The number of hydrogen-bond donors (Lipinski definition) is 1. The first kappa shape index (κ1) is 21.1. The maximum absolute atomic E-state index is 13.6. The fraction of sp³-hybridized carbons (Fsp3) is 0.190. The Morgan fingerprint density at radius 1 is 1.17 bits per heavy atom. The van der Waals surface area contributed by atoms with E-state index in [4.69, 9.17) is 16.0 Å². The molecule has 0 aliphatic heterocycles. The predicted octanol–water partition coefficient (Wildman–Crippen LogP) is 4.25. The molecule has 3 aromatic rings. The molecular formula is C21H19ClFNO4S. The van der Waals surface area contributed by atoms with E-state index in [1.807, 2.05) is 0 Å². The summed E-state index contributed by atoms with van der Waals surface area (Å²) >= 11 is 5.84. The van der Waals surface area contributed by atoms with Crippen LogP contribution in [0.4, 0.5) is 4.39 Å². The van der Waals surface area contributed by atoms with Crippen LogP contribution in [0.2, 0.25) is 5.02 Å². The van der Waals surface area contributed by atoms with E-state index in [1.54, 1.807) is 30.3 Å². The molecule has 29 heavy (non-hydrogen) atoms. The lowest BCUT2D eigenvalue weighted by Gasteiger charge is -2.17. The molecule has 0 bridgehead atoms. The minimum absolute atomic E-state index is 0.0373. The van der Waals surface area contributed by atoms with Crippen molar-refractivity contribution in [3.8, 4) is 0 Å². The van der Waals surface area contributed by atoms with Crippen molar-refractivity contribution in [2.24, 2.45) is 0 Å². The Morgan fingerprint density at radius 3 is 2.52 bits per heavy atom. The van der Waals surface area contributed by atoms with Gasteiger partial charge in [0.05, 0.1) is 17.6 Å². The third-order valence-electron chi connectivity index (χ3n) is 4.46. The normalized spacial score (nSPS) is 12.5. The van der Waals surface area contributed by atoms with Gasteiger partial charge >= 0.3 is 0 Å². The van der Waals surface area contributed by atoms with E-state index >= 15 is 0 Å². The number of sulfone groups is 1. The Hall–Kier alpha value is -2.64. The zero-order valence-electron chi connectivity index (χ0n) is 15.6. The number of halogens is 2. The van der Waals surface area contributed by atoms with Gasteiger partial charge in [-0.25, -0.2) is 12.8 Å². The summed E-state index contributed by atoms with van der Waals surface area (Å²) in [6, 6.07) is 13.5. The van der Waals surface area contributed by atoms with Crippen LogP contribution in [0.15, 0.2) is 70.2 Å². The lowest BCUT2D eigenvalue weighted by Crippen LogP contribution is -2.32. The van der Waals surface area contributed by atoms with Gasteiger partial charge in [0, 0.05) is 11.6 Å². The van der Waals surface area contributed by atoms with Crippen molar-refractivity contribution in [2.75, 3.05) is 6.54 Å². The van der Waals surface area contributed by atoms with Crippen LogP contribution >= 0.6 is 11.6 Å². The van der Waals surface area contributed by atoms with Gasteiger partial charge in [-0.3, -0.25) is 4.79 Å². The lowest BCUT2D eigenvalue weighted by atomic mass is 10.1. The van der Waals surface area contributed by atoms with Crippen LogP contribution in [0.25, 0.3) is 0 Å². The molecule has 8 heteroatoms. The zero-order valence-corrected chi connectivity index (χ0v) is 17.1. The number of aryl methyl sites for hydroxylation is 1. The van der Waals surface area contributed by atoms with Gasteiger partial charge in [-0.1, -0.05) is 23.7 Å². The number of benzene rings is 2. The maximum atomic E-state index is 13.6. The van der Waals surface area contributed by atoms with Gasteiger partial charge in [-0.2, -0.15) is 0 Å². The molecule has 152 valence electrons. The molecule has 0 aliphatic rings. The van der Waals surface area contributed by atoms with Crippen LogP contribution in [0.3, 0.4) is 0 Å². The van der Waals surface area contributed by atoms with Crippen LogP contribution in [0.1, 0.15) is 22.1 Å². The highest BCUT2D eigenvalue weighted by atomic mass is 35.5. The Balaban J connectivity index is 1.79. The van der Waals surface area contributed by atoms with Gasteiger partial charge in [-0.05, 0) is 60.5 Å². The SMILES string of the molecule is Cc1cc(S(=O)(=O)C(CNC(=O)Cc2ccc(Cl)cc2)c2ccco2)ccc1F. The molecule has 0 saturated carbocycles. The highest BCUT2D eigenvalue weighted by molar-refractivity contribution is 7.91. The van der Waals surface area contributed by atoms with Gasteiger partial charge in [0.2, 0.25) is 5.91 Å². The third-order valence-corrected chi connectivity index (χ3v) is 6.77. The van der Waals surface area contributed by atoms with Crippen molar-refractivity contribution in [1.82, 2.24) is 5.32 Å². The number of carbonyl (C=O) groups excluding carboxylic acids is 1. The van der Waals surface area contributed by atoms with Gasteiger partial charge in [0.15, 0.2) is 9.84 Å². The second-order valence-corrected chi connectivity index (χ2v) is 9.13. The molecule has 1 atom stereocenters. The fourth-order valence-corrected chi connectivity index (χ4v) is 4.65. The number of nitrogens with one attached hydrogen (secondary N) is 1. The summed E-state index contributed by atoms with van der Waals surface area (Å²) in [5, 5.41) is 2.07. The molecule has 1 aromatic heterocycles. The van der Waals surface area contributed by atoms with Crippen LogP contribution in [-0.4, -0.2) is 20.9 Å². The number of hydrogen-bond acceptors (Lipinski definition) is 4. The topological polar surface area (TPSA) is 76.4 Å². The van der Waals surface area contributed by atoms with Crippen molar-refractivity contribution >= 4 is 27.3 Å². The number of furan rings is 1. The van der Waals surface area contributed by atoms with Crippen molar-refractivity contribution in [2.45, 2.75) is 23.5 Å². The van der Waals surface area contributed by atoms with E-state index < -0.39 is 20.9 Å². The first-order valence-electron chi connectivity index (χ1n) is 8.82. The van der Waals surface area contributed by atoms with Crippen LogP contribution < -0.4 is 5.32 Å². The highest BCUT2D eigenvalue weighted by Crippen LogP contribution is 2.30. The average molecular weight is 436 g/mol. The Kier molecular flexibility index (Phi) is 6.39. The summed E-state index contributed by atoms with van der Waals surface area (Å²) in [5.74, 6) is -0.636. The zero-order chi connectivity index (χ0) is 21.0. The molecule has 1 heterocycles. The van der Waals surface area contributed by atoms with E-state index in [2.05, 4.69) is 5.32 Å². The molecule has 0 aliphatic carbocycles. The first-order valence-corrected chi connectivity index (χ1v) is 10.7. The van der Waals surface area contributed by atoms with E-state index in [-0.39, 0.29) is 35.1 Å². The molecule has 2 aromatic carbocycles. The van der Waals surface area contributed by atoms with Gasteiger partial charge in [0.25, 0.3) is 0 Å². The van der Waals surface area contributed by atoms with Crippen LogP contribution in [0.5, 0.6) is 0 Å². The van der Waals surface area contributed by atoms with E-state index in [0.717, 1.165) is 11.6 Å². The Labute approximate surface area is 173 Å². The molecule has 1 unspecified atom stereocenters. The monoisotopic (exact) mass is 435 g/mol. The van der Waals surface area contributed by atoms with Crippen molar-refractivity contribution in [1.29, 1.82) is 0 Å². The second-order valence-electron chi connectivity index (χ2n) is 6.57. The van der Waals surface area contributed by atoms with E-state index in [1.165, 1.54) is 31.4 Å². The van der Waals surface area contributed by atoms with Crippen molar-refractivity contribution < 1.29 is 22.0 Å². The highest BCUT2D eigenvalue weighted by Gasteiger charge is 2.32. The molecule has 0 fully saturated rings. The molecule has 3 rings (SSSR count). The molecule has 1 amide bonds. The second kappa shape index (κ2) is 8.80. The van der Waals surface area contributed by atoms with Gasteiger partial charge in [0.1, 0.15) is 16.8 Å². The number of amides is 1. The molecule has 5 nitrogen and oxygen atoms in total. The van der Waals surface area contributed by atoms with Crippen molar-refractivity contribution in [3.63, 3.8) is 0 Å². The Bertz CT molecular complexity index is 1100. The summed E-state index contributed by atoms with van der Waals surface area (Å²) in [5.41, 5.74) is 0.967. The number of carbonyl (C=O) groups is 1. The predicted molar refractivity (Wildman–Crippen MR) is 108 cm³/mol. The van der Waals surface area contributed by atoms with Gasteiger partial charge in [-0.15, -0.1) is 0 Å². The Morgan fingerprint density at radius 2 is 1.90 bits per heavy atom. The van der Waals surface area contributed by atoms with Gasteiger partial charge < -0.3 is 9.73 Å². The largest absolute Gasteiger partial charge is 0.468 e. The fourth-order valence-electron chi connectivity index (χ4n) is 2.85. The van der Waals surface area contributed by atoms with Crippen LogP contribution in [-0.2, 0) is 21.1 Å². The standard InChI is InChI=1S/C21H19ClFNO4S/c1-14-11-17(8-9-18(14)23)29(26,27)20(19-3-2-10-28-19)13-24-21(25)12-15-4-6-16(22)7-5-15/h2-11,20H,12-13H2,1H3,(H,24,25). The minimum atomic E-state index is -3.93.